The average Bonchev–Trinajstić information content (AvgIpc) is 2.09. The fraction of sp³-hybridized carbons (Fsp3) is 0.750. The Bertz CT molecular complexity index is 215. The lowest BCUT2D eigenvalue weighted by Crippen LogP contribution is -2.39. The van der Waals surface area contributed by atoms with Crippen LogP contribution in [0, 0.1) is 10.8 Å². The number of hydrogen-bond acceptors (Lipinski definition) is 1. The topological polar surface area (TPSA) is 17.1 Å². The van der Waals surface area contributed by atoms with E-state index in [0.717, 1.165) is 25.7 Å². The maximum atomic E-state index is 11.3. The summed E-state index contributed by atoms with van der Waals surface area (Å²) < 4.78 is 0. The number of hydrogen-bond donors (Lipinski definition) is 0. The lowest BCUT2D eigenvalue weighted by Gasteiger charge is -2.43. The van der Waals surface area contributed by atoms with Crippen LogP contribution >= 0.6 is 0 Å². The molecule has 1 atom stereocenters. The molecule has 1 rings (SSSR count). The van der Waals surface area contributed by atoms with E-state index in [0.29, 0.717) is 0 Å². The van der Waals surface area contributed by atoms with Crippen LogP contribution in [0.2, 0.25) is 0 Å². The quantitative estimate of drug-likeness (QED) is 0.481. The van der Waals surface area contributed by atoms with Crippen molar-refractivity contribution in [2.45, 2.75) is 46.5 Å². The number of rotatable bonds is 3. The van der Waals surface area contributed by atoms with Gasteiger partial charge >= 0.3 is 0 Å². The lowest BCUT2D eigenvalue weighted by molar-refractivity contribution is -0.122. The fourth-order valence-electron chi connectivity index (χ4n) is 2.37. The van der Waals surface area contributed by atoms with Gasteiger partial charge in [0.1, 0.15) is 6.29 Å². The minimum absolute atomic E-state index is 0.0447. The summed E-state index contributed by atoms with van der Waals surface area (Å²) >= 11 is 0. The van der Waals surface area contributed by atoms with Crippen molar-refractivity contribution in [3.8, 4) is 0 Å². The van der Waals surface area contributed by atoms with Crippen LogP contribution in [0.15, 0.2) is 12.2 Å². The average molecular weight is 180 g/mol. The van der Waals surface area contributed by atoms with E-state index in [2.05, 4.69) is 32.9 Å². The lowest BCUT2D eigenvalue weighted by atomic mass is 9.59. The first kappa shape index (κ1) is 10.5. The van der Waals surface area contributed by atoms with E-state index in [1.54, 1.807) is 0 Å². The van der Waals surface area contributed by atoms with E-state index in [1.807, 2.05) is 0 Å². The Morgan fingerprint density at radius 2 is 2.15 bits per heavy atom. The molecular formula is C12H20O. The molecule has 0 saturated heterocycles. The second-order valence-electron chi connectivity index (χ2n) is 4.69. The van der Waals surface area contributed by atoms with Crippen LogP contribution in [0.5, 0.6) is 0 Å². The van der Waals surface area contributed by atoms with Gasteiger partial charge in [0.05, 0.1) is 0 Å². The van der Waals surface area contributed by atoms with E-state index in [4.69, 9.17) is 0 Å². The SMILES string of the molecule is CCC[C@@]1(C=O)CCC=CC1(C)C. The smallest absolute Gasteiger partial charge is 0.126 e. The Hall–Kier alpha value is -0.590. The van der Waals surface area contributed by atoms with E-state index >= 15 is 0 Å². The molecule has 0 spiro atoms. The monoisotopic (exact) mass is 180 g/mol. The summed E-state index contributed by atoms with van der Waals surface area (Å²) in [7, 11) is 0. The second kappa shape index (κ2) is 3.65. The molecule has 0 fully saturated rings. The van der Waals surface area contributed by atoms with Gasteiger partial charge in [-0.15, -0.1) is 0 Å². The molecule has 0 bridgehead atoms. The Labute approximate surface area is 81.2 Å². The summed E-state index contributed by atoms with van der Waals surface area (Å²) in [5.41, 5.74) is -0.0560. The molecule has 0 N–H and O–H groups in total. The molecule has 1 heteroatoms. The summed E-state index contributed by atoms with van der Waals surface area (Å²) in [6.45, 7) is 6.50. The van der Waals surface area contributed by atoms with E-state index in [-0.39, 0.29) is 10.8 Å². The van der Waals surface area contributed by atoms with Crippen molar-refractivity contribution in [2.75, 3.05) is 0 Å². The van der Waals surface area contributed by atoms with Gasteiger partial charge in [-0.1, -0.05) is 39.3 Å². The maximum Gasteiger partial charge on any atom is 0.126 e. The predicted molar refractivity (Wildman–Crippen MR) is 55.6 cm³/mol. The van der Waals surface area contributed by atoms with Crippen LogP contribution in [0.4, 0.5) is 0 Å². The first-order chi connectivity index (χ1) is 6.08. The molecule has 0 aromatic carbocycles. The summed E-state index contributed by atoms with van der Waals surface area (Å²) in [4.78, 5) is 11.3. The first-order valence-electron chi connectivity index (χ1n) is 5.22. The zero-order valence-electron chi connectivity index (χ0n) is 8.97. The Balaban J connectivity index is 2.96. The Morgan fingerprint density at radius 1 is 1.46 bits per heavy atom. The third-order valence-corrected chi connectivity index (χ3v) is 3.50. The highest BCUT2D eigenvalue weighted by atomic mass is 16.1. The van der Waals surface area contributed by atoms with E-state index in [9.17, 15) is 4.79 Å². The summed E-state index contributed by atoms with van der Waals surface area (Å²) in [6, 6.07) is 0. The predicted octanol–water partition coefficient (Wildman–Crippen LogP) is 3.35. The molecule has 1 aliphatic rings. The van der Waals surface area contributed by atoms with Gasteiger partial charge in [0.25, 0.3) is 0 Å². The van der Waals surface area contributed by atoms with Crippen molar-refractivity contribution in [1.29, 1.82) is 0 Å². The van der Waals surface area contributed by atoms with Gasteiger partial charge in [-0.3, -0.25) is 0 Å². The van der Waals surface area contributed by atoms with Crippen LogP contribution in [0.25, 0.3) is 0 Å². The molecule has 0 aromatic rings. The molecule has 0 aliphatic heterocycles. The third-order valence-electron chi connectivity index (χ3n) is 3.50. The summed E-state index contributed by atoms with van der Waals surface area (Å²) in [5.74, 6) is 0. The van der Waals surface area contributed by atoms with Gasteiger partial charge in [0, 0.05) is 5.41 Å². The molecule has 0 unspecified atom stereocenters. The zero-order chi connectivity index (χ0) is 9.95. The van der Waals surface area contributed by atoms with Gasteiger partial charge < -0.3 is 4.79 Å². The maximum absolute atomic E-state index is 11.3. The zero-order valence-corrected chi connectivity index (χ0v) is 8.97. The largest absolute Gasteiger partial charge is 0.303 e. The van der Waals surface area contributed by atoms with Crippen LogP contribution < -0.4 is 0 Å². The van der Waals surface area contributed by atoms with Crippen molar-refractivity contribution >= 4 is 6.29 Å². The molecule has 1 nitrogen and oxygen atoms in total. The first-order valence-corrected chi connectivity index (χ1v) is 5.22. The summed E-state index contributed by atoms with van der Waals surface area (Å²) in [5, 5.41) is 0. The van der Waals surface area contributed by atoms with Crippen molar-refractivity contribution in [1.82, 2.24) is 0 Å². The highest BCUT2D eigenvalue weighted by molar-refractivity contribution is 5.62. The molecule has 74 valence electrons. The third kappa shape index (κ3) is 1.70. The van der Waals surface area contributed by atoms with Crippen LogP contribution in [0.3, 0.4) is 0 Å². The summed E-state index contributed by atoms with van der Waals surface area (Å²) in [6.07, 6.45) is 9.80. The second-order valence-corrected chi connectivity index (χ2v) is 4.69. The van der Waals surface area contributed by atoms with Crippen molar-refractivity contribution in [3.05, 3.63) is 12.2 Å². The van der Waals surface area contributed by atoms with Crippen LogP contribution in [0.1, 0.15) is 46.5 Å². The number of carbonyl (C=O) groups is 1. The van der Waals surface area contributed by atoms with Crippen LogP contribution in [-0.2, 0) is 4.79 Å². The van der Waals surface area contributed by atoms with Crippen molar-refractivity contribution < 1.29 is 4.79 Å². The minimum atomic E-state index is -0.101. The van der Waals surface area contributed by atoms with Gasteiger partial charge in [0.2, 0.25) is 0 Å². The normalized spacial score (nSPS) is 31.6. The molecule has 1 aliphatic carbocycles. The molecule has 0 radical (unpaired) electrons. The van der Waals surface area contributed by atoms with Crippen LogP contribution in [-0.4, -0.2) is 6.29 Å². The Kier molecular flexibility index (Phi) is 2.94. The van der Waals surface area contributed by atoms with Gasteiger partial charge in [-0.25, -0.2) is 0 Å². The van der Waals surface area contributed by atoms with Crippen molar-refractivity contribution in [3.63, 3.8) is 0 Å². The minimum Gasteiger partial charge on any atom is -0.303 e. The number of aldehydes is 1. The molecule has 0 aromatic heterocycles. The molecular weight excluding hydrogens is 160 g/mol. The van der Waals surface area contributed by atoms with Gasteiger partial charge in [-0.2, -0.15) is 0 Å². The standard InChI is InChI=1S/C12H20O/c1-4-7-12(10-13)9-6-5-8-11(12,2)3/h5,8,10H,4,6-7,9H2,1-3H3/t12-/m0/s1. The van der Waals surface area contributed by atoms with Gasteiger partial charge in [-0.05, 0) is 24.7 Å². The molecule has 0 saturated carbocycles. The molecule has 0 heterocycles. The Morgan fingerprint density at radius 3 is 2.62 bits per heavy atom. The fourth-order valence-corrected chi connectivity index (χ4v) is 2.37. The van der Waals surface area contributed by atoms with Gasteiger partial charge in [0.15, 0.2) is 0 Å². The van der Waals surface area contributed by atoms with Crippen molar-refractivity contribution in [2.24, 2.45) is 10.8 Å². The number of allylic oxidation sites excluding steroid dienone is 2. The molecule has 0 amide bonds. The highest BCUT2D eigenvalue weighted by Gasteiger charge is 2.43. The van der Waals surface area contributed by atoms with E-state index < -0.39 is 0 Å². The molecule has 13 heavy (non-hydrogen) atoms. The number of carbonyl (C=O) groups excluding carboxylic acids is 1. The van der Waals surface area contributed by atoms with E-state index in [1.165, 1.54) is 6.29 Å². The highest BCUT2D eigenvalue weighted by Crippen LogP contribution is 2.48.